The summed E-state index contributed by atoms with van der Waals surface area (Å²) in [6.07, 6.45) is -2.32. The van der Waals surface area contributed by atoms with E-state index in [0.29, 0.717) is 24.1 Å². The smallest absolute Gasteiger partial charge is 0.255 e. The van der Waals surface area contributed by atoms with E-state index in [2.05, 4.69) is 5.10 Å². The van der Waals surface area contributed by atoms with E-state index in [1.807, 2.05) is 0 Å². The van der Waals surface area contributed by atoms with Gasteiger partial charge in [0.2, 0.25) is 0 Å². The van der Waals surface area contributed by atoms with Crippen molar-refractivity contribution in [3.63, 3.8) is 0 Å². The van der Waals surface area contributed by atoms with E-state index >= 15 is 0 Å². The molecule has 13 heavy (non-hydrogen) atoms. The molecular weight excluding hydrogens is 200 g/mol. The van der Waals surface area contributed by atoms with Crippen LogP contribution in [0.1, 0.15) is 0 Å². The Morgan fingerprint density at radius 1 is 1.54 bits per heavy atom. The lowest BCUT2D eigenvalue weighted by Crippen LogP contribution is -2.26. The van der Waals surface area contributed by atoms with Crippen LogP contribution in [0.5, 0.6) is 0 Å². The maximum absolute atomic E-state index is 12.1. The van der Waals surface area contributed by atoms with Gasteiger partial charge in [0.05, 0.1) is 13.1 Å². The van der Waals surface area contributed by atoms with Crippen LogP contribution in [0.2, 0.25) is 5.15 Å². The van der Waals surface area contributed by atoms with Crippen molar-refractivity contribution in [1.82, 2.24) is 9.78 Å². The Bertz CT molecular complexity index is 313. The molecule has 0 spiro atoms. The lowest BCUT2D eigenvalue weighted by Gasteiger charge is -2.15. The lowest BCUT2D eigenvalue weighted by molar-refractivity contribution is 0.155. The molecule has 2 heterocycles. The number of aromatic nitrogens is 2. The zero-order valence-corrected chi connectivity index (χ0v) is 7.51. The van der Waals surface area contributed by atoms with Crippen LogP contribution in [0.15, 0.2) is 6.07 Å². The predicted molar refractivity (Wildman–Crippen MR) is 45.5 cm³/mol. The van der Waals surface area contributed by atoms with Crippen molar-refractivity contribution in [3.8, 4) is 0 Å². The highest BCUT2D eigenvalue weighted by molar-refractivity contribution is 6.29. The van der Waals surface area contributed by atoms with Gasteiger partial charge in [-0.25, -0.2) is 13.5 Å². The zero-order valence-electron chi connectivity index (χ0n) is 6.75. The normalized spacial score (nSPS) is 15.5. The van der Waals surface area contributed by atoms with Gasteiger partial charge in [-0.05, 0) is 0 Å². The van der Waals surface area contributed by atoms with Gasteiger partial charge in [-0.2, -0.15) is 5.10 Å². The zero-order chi connectivity index (χ0) is 9.42. The minimum atomic E-state index is -2.32. The number of fused-ring (bicyclic) bond motifs is 1. The number of hydrogen-bond donors (Lipinski definition) is 0. The second kappa shape index (κ2) is 3.14. The van der Waals surface area contributed by atoms with Gasteiger partial charge in [0.15, 0.2) is 5.15 Å². The van der Waals surface area contributed by atoms with Crippen LogP contribution < -0.4 is 4.90 Å². The van der Waals surface area contributed by atoms with Gasteiger partial charge in [0, 0.05) is 12.6 Å². The molecule has 0 N–H and O–H groups in total. The quantitative estimate of drug-likeness (QED) is 0.735. The summed E-state index contributed by atoms with van der Waals surface area (Å²) < 4.78 is 25.8. The monoisotopic (exact) mass is 207 g/mol. The maximum atomic E-state index is 12.1. The topological polar surface area (TPSA) is 21.1 Å². The molecular formula is C7H8ClF2N3. The molecule has 3 nitrogen and oxygen atoms in total. The van der Waals surface area contributed by atoms with Crippen LogP contribution in [0, 0.1) is 0 Å². The van der Waals surface area contributed by atoms with Gasteiger partial charge < -0.3 is 4.90 Å². The van der Waals surface area contributed by atoms with Gasteiger partial charge in [0.25, 0.3) is 6.43 Å². The second-order valence-electron chi connectivity index (χ2n) is 2.89. The Morgan fingerprint density at radius 2 is 2.31 bits per heavy atom. The first-order chi connectivity index (χ1) is 6.16. The summed E-state index contributed by atoms with van der Waals surface area (Å²) in [5.74, 6) is 0.685. The largest absolute Gasteiger partial charge is 0.349 e. The van der Waals surface area contributed by atoms with Gasteiger partial charge in [-0.15, -0.1) is 0 Å². The Labute approximate surface area is 78.9 Å². The number of alkyl halides is 2. The van der Waals surface area contributed by atoms with Gasteiger partial charge >= 0.3 is 0 Å². The second-order valence-corrected chi connectivity index (χ2v) is 3.27. The summed E-state index contributed by atoms with van der Waals surface area (Å²) in [5.41, 5.74) is 0. The average molecular weight is 208 g/mol. The van der Waals surface area contributed by atoms with Crippen molar-refractivity contribution in [2.75, 3.05) is 18.0 Å². The first-order valence-corrected chi connectivity index (χ1v) is 4.31. The summed E-state index contributed by atoms with van der Waals surface area (Å²) in [6.45, 7) is 0.973. The van der Waals surface area contributed by atoms with Crippen LogP contribution in [0.4, 0.5) is 14.6 Å². The molecule has 0 aromatic carbocycles. The third kappa shape index (κ3) is 1.60. The lowest BCUT2D eigenvalue weighted by atomic mass is 10.5. The van der Waals surface area contributed by atoms with Crippen LogP contribution in [0.3, 0.4) is 0 Å². The van der Waals surface area contributed by atoms with E-state index in [-0.39, 0.29) is 6.54 Å². The van der Waals surface area contributed by atoms with Gasteiger partial charge in [-0.3, -0.25) is 0 Å². The molecule has 0 fully saturated rings. The average Bonchev–Trinajstić information content (AvgIpc) is 2.51. The molecule has 1 aromatic heterocycles. The van der Waals surface area contributed by atoms with Crippen LogP contribution in [0.25, 0.3) is 0 Å². The van der Waals surface area contributed by atoms with Crippen molar-refractivity contribution in [3.05, 3.63) is 11.2 Å². The fourth-order valence-corrected chi connectivity index (χ4v) is 1.67. The van der Waals surface area contributed by atoms with Crippen LogP contribution >= 0.6 is 11.6 Å². The molecule has 1 aromatic rings. The fourth-order valence-electron chi connectivity index (χ4n) is 1.48. The SMILES string of the molecule is FC(F)CN1CCn2nc(Cl)cc21. The molecule has 0 unspecified atom stereocenters. The first kappa shape index (κ1) is 8.74. The molecule has 0 amide bonds. The molecule has 0 saturated heterocycles. The highest BCUT2D eigenvalue weighted by Crippen LogP contribution is 2.24. The molecule has 1 aliphatic rings. The number of nitrogens with zero attached hydrogens (tertiary/aromatic N) is 3. The minimum absolute atomic E-state index is 0.248. The first-order valence-electron chi connectivity index (χ1n) is 3.93. The Hall–Kier alpha value is -0.840. The highest BCUT2D eigenvalue weighted by Gasteiger charge is 2.23. The number of rotatable bonds is 2. The Balaban J connectivity index is 2.17. The Kier molecular flexibility index (Phi) is 2.11. The summed E-state index contributed by atoms with van der Waals surface area (Å²) in [4.78, 5) is 1.59. The highest BCUT2D eigenvalue weighted by atomic mass is 35.5. The number of hydrogen-bond acceptors (Lipinski definition) is 2. The van der Waals surface area contributed by atoms with Crippen molar-refractivity contribution in [2.45, 2.75) is 13.0 Å². The maximum Gasteiger partial charge on any atom is 0.255 e. The van der Waals surface area contributed by atoms with Crippen molar-refractivity contribution >= 4 is 17.4 Å². The molecule has 1 aliphatic heterocycles. The van der Waals surface area contributed by atoms with Crippen LogP contribution in [-0.2, 0) is 6.54 Å². The van der Waals surface area contributed by atoms with E-state index in [1.165, 1.54) is 0 Å². The predicted octanol–water partition coefficient (Wildman–Crippen LogP) is 1.62. The summed E-state index contributed by atoms with van der Waals surface area (Å²) in [6, 6.07) is 1.61. The fraction of sp³-hybridized carbons (Fsp3) is 0.571. The minimum Gasteiger partial charge on any atom is -0.349 e. The summed E-state index contributed by atoms with van der Waals surface area (Å²) in [7, 11) is 0. The van der Waals surface area contributed by atoms with Crippen molar-refractivity contribution in [2.24, 2.45) is 0 Å². The van der Waals surface area contributed by atoms with Crippen molar-refractivity contribution in [1.29, 1.82) is 0 Å². The standard InChI is InChI=1S/C7H8ClF2N3/c8-5-3-7-12(4-6(9)10)1-2-13(7)11-5/h3,6H,1-2,4H2. The third-order valence-corrected chi connectivity index (χ3v) is 2.18. The van der Waals surface area contributed by atoms with E-state index in [1.54, 1.807) is 15.6 Å². The van der Waals surface area contributed by atoms with Crippen molar-refractivity contribution < 1.29 is 8.78 Å². The molecule has 0 aliphatic carbocycles. The number of anilines is 1. The molecule has 0 radical (unpaired) electrons. The molecule has 72 valence electrons. The van der Waals surface area contributed by atoms with Gasteiger partial charge in [-0.1, -0.05) is 11.6 Å². The molecule has 0 saturated carbocycles. The van der Waals surface area contributed by atoms with E-state index in [4.69, 9.17) is 11.6 Å². The van der Waals surface area contributed by atoms with E-state index in [0.717, 1.165) is 0 Å². The van der Waals surface area contributed by atoms with E-state index in [9.17, 15) is 8.78 Å². The van der Waals surface area contributed by atoms with E-state index < -0.39 is 6.43 Å². The van der Waals surface area contributed by atoms with Crippen LogP contribution in [-0.4, -0.2) is 29.3 Å². The Morgan fingerprint density at radius 3 is 3.00 bits per heavy atom. The third-order valence-electron chi connectivity index (χ3n) is 1.99. The summed E-state index contributed by atoms with van der Waals surface area (Å²) >= 11 is 5.63. The molecule has 0 atom stereocenters. The van der Waals surface area contributed by atoms with Gasteiger partial charge in [0.1, 0.15) is 5.82 Å². The summed E-state index contributed by atoms with van der Waals surface area (Å²) in [5, 5.41) is 4.30. The molecule has 0 bridgehead atoms. The number of halogens is 3. The molecule has 6 heteroatoms. The molecule has 2 rings (SSSR count).